The number of nitrogens with one attached hydrogen (secondary N) is 2. The van der Waals surface area contributed by atoms with Gasteiger partial charge >= 0.3 is 0 Å². The predicted molar refractivity (Wildman–Crippen MR) is 119 cm³/mol. The lowest BCUT2D eigenvalue weighted by atomic mass is 10.2. The summed E-state index contributed by atoms with van der Waals surface area (Å²) < 4.78 is 33.1. The third kappa shape index (κ3) is 5.20. The Hall–Kier alpha value is -3.96. The Morgan fingerprint density at radius 2 is 1.84 bits per heavy atom. The molecule has 10 nitrogen and oxygen atoms in total. The summed E-state index contributed by atoms with van der Waals surface area (Å²) in [5.41, 5.74) is 7.08. The Bertz CT molecular complexity index is 1280. The molecule has 2 aromatic carbocycles. The number of carbonyl (C=O) groups excluding carboxylic acids is 2. The quantitative estimate of drug-likeness (QED) is 0.439. The van der Waals surface area contributed by atoms with Crippen molar-refractivity contribution in [1.29, 1.82) is 0 Å². The first-order valence-electron chi connectivity index (χ1n) is 9.30. The molecule has 1 heterocycles. The van der Waals surface area contributed by atoms with Gasteiger partial charge in [0.15, 0.2) is 0 Å². The number of hydrogen-bond donors (Lipinski definition) is 3. The molecule has 0 aliphatic rings. The fourth-order valence-corrected chi connectivity index (χ4v) is 3.70. The van der Waals surface area contributed by atoms with E-state index in [9.17, 15) is 18.0 Å². The SMILES string of the molecule is CNS(=O)(=O)c1cc(/C=C/C(=O)Nc2ccc(-n3ccc(C(N)=O)n3)cc2)ccc1OC. The van der Waals surface area contributed by atoms with Crippen molar-refractivity contribution in [3.8, 4) is 11.4 Å². The van der Waals surface area contributed by atoms with Crippen LogP contribution in [0.15, 0.2) is 65.7 Å². The molecule has 0 radical (unpaired) electrons. The number of hydrogen-bond acceptors (Lipinski definition) is 6. The Labute approximate surface area is 184 Å². The second kappa shape index (κ2) is 9.45. The van der Waals surface area contributed by atoms with E-state index in [4.69, 9.17) is 10.5 Å². The van der Waals surface area contributed by atoms with Crippen molar-refractivity contribution in [3.05, 3.63) is 72.1 Å². The zero-order valence-corrected chi connectivity index (χ0v) is 18.1. The number of primary amides is 1. The van der Waals surface area contributed by atoms with Gasteiger partial charge in [0, 0.05) is 18.0 Å². The van der Waals surface area contributed by atoms with Crippen LogP contribution in [0.2, 0.25) is 0 Å². The number of sulfonamides is 1. The number of carbonyl (C=O) groups is 2. The molecule has 4 N–H and O–H groups in total. The van der Waals surface area contributed by atoms with E-state index >= 15 is 0 Å². The second-order valence-corrected chi connectivity index (χ2v) is 8.35. The number of benzene rings is 2. The molecule has 0 atom stereocenters. The Morgan fingerprint density at radius 3 is 2.44 bits per heavy atom. The van der Waals surface area contributed by atoms with Gasteiger partial charge in [-0.25, -0.2) is 17.8 Å². The number of aromatic nitrogens is 2. The molecule has 11 heteroatoms. The second-order valence-electron chi connectivity index (χ2n) is 6.50. The molecule has 2 amide bonds. The summed E-state index contributed by atoms with van der Waals surface area (Å²) >= 11 is 0. The maximum atomic E-state index is 12.3. The van der Waals surface area contributed by atoms with Gasteiger partial charge in [-0.2, -0.15) is 5.10 Å². The lowest BCUT2D eigenvalue weighted by molar-refractivity contribution is -0.111. The van der Waals surface area contributed by atoms with Gasteiger partial charge in [-0.05, 0) is 61.2 Å². The van der Waals surface area contributed by atoms with Crippen LogP contribution in [0.1, 0.15) is 16.1 Å². The summed E-state index contributed by atoms with van der Waals surface area (Å²) in [4.78, 5) is 23.4. The molecule has 0 spiro atoms. The van der Waals surface area contributed by atoms with E-state index in [2.05, 4.69) is 15.1 Å². The molecule has 1 aromatic heterocycles. The molecule has 0 aliphatic carbocycles. The van der Waals surface area contributed by atoms with Gasteiger partial charge in [0.05, 0.1) is 12.8 Å². The van der Waals surface area contributed by atoms with Gasteiger partial charge in [-0.3, -0.25) is 9.59 Å². The topological polar surface area (TPSA) is 145 Å². The van der Waals surface area contributed by atoms with E-state index in [-0.39, 0.29) is 16.3 Å². The highest BCUT2D eigenvalue weighted by Gasteiger charge is 2.17. The summed E-state index contributed by atoms with van der Waals surface area (Å²) in [6.07, 6.45) is 4.39. The molecule has 32 heavy (non-hydrogen) atoms. The first kappa shape index (κ1) is 22.7. The molecule has 3 rings (SSSR count). The van der Waals surface area contributed by atoms with Gasteiger partial charge in [-0.15, -0.1) is 0 Å². The first-order valence-corrected chi connectivity index (χ1v) is 10.8. The predicted octanol–water partition coefficient (Wildman–Crippen LogP) is 1.54. The third-order valence-corrected chi connectivity index (χ3v) is 5.85. The van der Waals surface area contributed by atoms with Crippen LogP contribution in [-0.4, -0.2) is 44.2 Å². The summed E-state index contributed by atoms with van der Waals surface area (Å²) in [5.74, 6) is -0.824. The zero-order valence-electron chi connectivity index (χ0n) is 17.3. The molecule has 0 unspecified atom stereocenters. The minimum atomic E-state index is -3.72. The zero-order chi connectivity index (χ0) is 23.3. The van der Waals surface area contributed by atoms with E-state index < -0.39 is 21.8 Å². The highest BCUT2D eigenvalue weighted by atomic mass is 32.2. The summed E-state index contributed by atoms with van der Waals surface area (Å²) in [6, 6.07) is 12.9. The van der Waals surface area contributed by atoms with Crippen LogP contribution in [0, 0.1) is 0 Å². The van der Waals surface area contributed by atoms with Gasteiger partial charge in [0.25, 0.3) is 5.91 Å². The number of ether oxygens (including phenoxy) is 1. The monoisotopic (exact) mass is 455 g/mol. The maximum Gasteiger partial charge on any atom is 0.269 e. The molecule has 0 saturated heterocycles. The largest absolute Gasteiger partial charge is 0.495 e. The summed E-state index contributed by atoms with van der Waals surface area (Å²) in [6.45, 7) is 0. The molecule has 0 fully saturated rings. The number of methoxy groups -OCH3 is 1. The lowest BCUT2D eigenvalue weighted by Gasteiger charge is -2.09. The molecule has 166 valence electrons. The average molecular weight is 455 g/mol. The van der Waals surface area contributed by atoms with Crippen molar-refractivity contribution in [1.82, 2.24) is 14.5 Å². The smallest absolute Gasteiger partial charge is 0.269 e. The van der Waals surface area contributed by atoms with Crippen LogP contribution < -0.4 is 20.5 Å². The number of nitrogens with zero attached hydrogens (tertiary/aromatic N) is 2. The van der Waals surface area contributed by atoms with E-state index in [1.54, 1.807) is 36.5 Å². The van der Waals surface area contributed by atoms with Gasteiger partial charge in [0.1, 0.15) is 16.3 Å². The Kier molecular flexibility index (Phi) is 6.71. The van der Waals surface area contributed by atoms with Crippen molar-refractivity contribution < 1.29 is 22.7 Å². The Balaban J connectivity index is 1.70. The van der Waals surface area contributed by atoms with Gasteiger partial charge in [0.2, 0.25) is 15.9 Å². The highest BCUT2D eigenvalue weighted by molar-refractivity contribution is 7.89. The summed E-state index contributed by atoms with van der Waals surface area (Å²) in [7, 11) is -1.04. The molecular formula is C21H21N5O5S. The van der Waals surface area contributed by atoms with E-state index in [1.165, 1.54) is 49.2 Å². The van der Waals surface area contributed by atoms with E-state index in [0.29, 0.717) is 16.9 Å². The highest BCUT2D eigenvalue weighted by Crippen LogP contribution is 2.25. The fourth-order valence-electron chi connectivity index (χ4n) is 2.77. The lowest BCUT2D eigenvalue weighted by Crippen LogP contribution is -2.19. The number of anilines is 1. The average Bonchev–Trinajstić information content (AvgIpc) is 3.29. The minimum absolute atomic E-state index is 0.0289. The van der Waals surface area contributed by atoms with Gasteiger partial charge < -0.3 is 15.8 Å². The van der Waals surface area contributed by atoms with Crippen LogP contribution >= 0.6 is 0 Å². The third-order valence-electron chi connectivity index (χ3n) is 4.41. The van der Waals surface area contributed by atoms with Crippen LogP contribution in [-0.2, 0) is 14.8 Å². The van der Waals surface area contributed by atoms with E-state index in [0.717, 1.165) is 0 Å². The molecule has 3 aromatic rings. The van der Waals surface area contributed by atoms with Crippen LogP contribution in [0.5, 0.6) is 5.75 Å². The van der Waals surface area contributed by atoms with Crippen molar-refractivity contribution in [2.45, 2.75) is 4.90 Å². The molecule has 0 aliphatic heterocycles. The van der Waals surface area contributed by atoms with Crippen LogP contribution in [0.4, 0.5) is 5.69 Å². The maximum absolute atomic E-state index is 12.3. The fraction of sp³-hybridized carbons (Fsp3) is 0.0952. The van der Waals surface area contributed by atoms with Crippen molar-refractivity contribution in [2.24, 2.45) is 5.73 Å². The number of amides is 2. The molecule has 0 bridgehead atoms. The summed E-state index contributed by atoms with van der Waals surface area (Å²) in [5, 5.41) is 6.77. The Morgan fingerprint density at radius 1 is 1.12 bits per heavy atom. The normalized spacial score (nSPS) is 11.4. The molecular weight excluding hydrogens is 434 g/mol. The number of rotatable bonds is 8. The minimum Gasteiger partial charge on any atom is -0.495 e. The number of nitrogens with two attached hydrogens (primary N) is 1. The van der Waals surface area contributed by atoms with Crippen molar-refractivity contribution >= 4 is 33.6 Å². The van der Waals surface area contributed by atoms with Crippen molar-refractivity contribution in [2.75, 3.05) is 19.5 Å². The van der Waals surface area contributed by atoms with E-state index in [1.807, 2.05) is 0 Å². The van der Waals surface area contributed by atoms with Gasteiger partial charge in [-0.1, -0.05) is 6.07 Å². The van der Waals surface area contributed by atoms with Crippen molar-refractivity contribution in [3.63, 3.8) is 0 Å². The first-order chi connectivity index (χ1) is 15.2. The van der Waals surface area contributed by atoms with Crippen LogP contribution in [0.3, 0.4) is 0 Å². The molecule has 0 saturated carbocycles. The standard InChI is InChI=1S/C21H21N5O5S/c1-23-32(29,30)19-13-14(3-9-18(19)31-2)4-10-20(27)24-15-5-7-16(8-6-15)26-12-11-17(25-26)21(22)28/h3-13,23H,1-2H3,(H2,22,28)(H,24,27)/b10-4+. The van der Waals surface area contributed by atoms with Crippen LogP contribution in [0.25, 0.3) is 11.8 Å².